The summed E-state index contributed by atoms with van der Waals surface area (Å²) in [5.74, 6) is 0.0684. The molecule has 0 aromatic heterocycles. The highest BCUT2D eigenvalue weighted by Gasteiger charge is 2.52. The fraction of sp³-hybridized carbons (Fsp3) is 0.348. The van der Waals surface area contributed by atoms with Crippen LogP contribution in [0.25, 0.3) is 0 Å². The zero-order valence-electron chi connectivity index (χ0n) is 16.9. The number of hydrogen-bond acceptors (Lipinski definition) is 4. The average Bonchev–Trinajstić information content (AvgIpc) is 3.06. The Balaban J connectivity index is 1.55. The SMILES string of the molecule is COc1ccccc1C(=O)NC[C@]1(c2ccccc2)CC[C@]2(CC1)NC(=O)NC2=O. The van der Waals surface area contributed by atoms with Gasteiger partial charge in [-0.15, -0.1) is 0 Å². The lowest BCUT2D eigenvalue weighted by atomic mass is 9.64. The second kappa shape index (κ2) is 7.82. The summed E-state index contributed by atoms with van der Waals surface area (Å²) in [6, 6.07) is 16.7. The van der Waals surface area contributed by atoms with Crippen LogP contribution >= 0.6 is 0 Å². The molecule has 1 aliphatic heterocycles. The van der Waals surface area contributed by atoms with E-state index < -0.39 is 11.6 Å². The van der Waals surface area contributed by atoms with E-state index in [1.807, 2.05) is 24.3 Å². The van der Waals surface area contributed by atoms with Crippen molar-refractivity contribution < 1.29 is 19.1 Å². The van der Waals surface area contributed by atoms with Gasteiger partial charge in [-0.05, 0) is 43.4 Å². The van der Waals surface area contributed by atoms with Crippen LogP contribution in [0.3, 0.4) is 0 Å². The van der Waals surface area contributed by atoms with E-state index in [1.165, 1.54) is 0 Å². The molecular formula is C23H25N3O4. The maximum Gasteiger partial charge on any atom is 0.322 e. The monoisotopic (exact) mass is 407 g/mol. The molecule has 156 valence electrons. The van der Waals surface area contributed by atoms with Gasteiger partial charge in [0.15, 0.2) is 0 Å². The molecule has 7 nitrogen and oxygen atoms in total. The van der Waals surface area contributed by atoms with Gasteiger partial charge < -0.3 is 15.4 Å². The van der Waals surface area contributed by atoms with Gasteiger partial charge in [0.2, 0.25) is 0 Å². The molecule has 0 bridgehead atoms. The quantitative estimate of drug-likeness (QED) is 0.664. The van der Waals surface area contributed by atoms with E-state index in [4.69, 9.17) is 4.74 Å². The summed E-state index contributed by atoms with van der Waals surface area (Å²) in [7, 11) is 1.54. The molecule has 2 fully saturated rings. The summed E-state index contributed by atoms with van der Waals surface area (Å²) in [4.78, 5) is 36.9. The molecule has 2 aliphatic rings. The van der Waals surface area contributed by atoms with Crippen molar-refractivity contribution in [3.8, 4) is 5.75 Å². The van der Waals surface area contributed by atoms with Crippen LogP contribution in [-0.2, 0) is 10.2 Å². The summed E-state index contributed by atoms with van der Waals surface area (Å²) in [5, 5.41) is 8.24. The maximum absolute atomic E-state index is 12.9. The minimum atomic E-state index is -0.845. The van der Waals surface area contributed by atoms with Crippen molar-refractivity contribution in [1.82, 2.24) is 16.0 Å². The number of amides is 4. The molecule has 2 aromatic rings. The first kappa shape index (κ1) is 19.9. The fourth-order valence-corrected chi connectivity index (χ4v) is 4.57. The molecule has 3 N–H and O–H groups in total. The number of rotatable bonds is 5. The lowest BCUT2D eigenvalue weighted by Crippen LogP contribution is -2.54. The van der Waals surface area contributed by atoms with Crippen LogP contribution in [-0.4, -0.2) is 37.0 Å². The Labute approximate surface area is 175 Å². The number of para-hydroxylation sites is 1. The molecule has 7 heteroatoms. The maximum atomic E-state index is 12.9. The molecule has 1 saturated heterocycles. The third-order valence-electron chi connectivity index (χ3n) is 6.40. The topological polar surface area (TPSA) is 96.5 Å². The Morgan fingerprint density at radius 1 is 1.00 bits per heavy atom. The van der Waals surface area contributed by atoms with Gasteiger partial charge in [-0.25, -0.2) is 4.79 Å². The number of hydrogen-bond donors (Lipinski definition) is 3. The van der Waals surface area contributed by atoms with Crippen LogP contribution < -0.4 is 20.7 Å². The van der Waals surface area contributed by atoms with Gasteiger partial charge in [-0.1, -0.05) is 42.5 Å². The van der Waals surface area contributed by atoms with Gasteiger partial charge in [0.25, 0.3) is 11.8 Å². The van der Waals surface area contributed by atoms with Gasteiger partial charge in [-0.3, -0.25) is 14.9 Å². The molecule has 2 aromatic carbocycles. The molecule has 1 aliphatic carbocycles. The van der Waals surface area contributed by atoms with E-state index in [-0.39, 0.29) is 17.2 Å². The second-order valence-corrected chi connectivity index (χ2v) is 8.02. The molecule has 4 rings (SSSR count). The lowest BCUT2D eigenvalue weighted by Gasteiger charge is -2.44. The fourth-order valence-electron chi connectivity index (χ4n) is 4.57. The number of urea groups is 1. The van der Waals surface area contributed by atoms with Gasteiger partial charge in [-0.2, -0.15) is 0 Å². The molecule has 30 heavy (non-hydrogen) atoms. The van der Waals surface area contributed by atoms with Crippen LogP contribution in [0.4, 0.5) is 4.79 Å². The lowest BCUT2D eigenvalue weighted by molar-refractivity contribution is -0.125. The first-order chi connectivity index (χ1) is 14.5. The first-order valence-corrected chi connectivity index (χ1v) is 10.1. The standard InChI is InChI=1S/C23H25N3O4/c1-30-18-10-6-5-9-17(18)19(27)24-15-22(16-7-3-2-4-8-16)11-13-23(14-12-22)20(28)25-21(29)26-23/h2-10H,11-15H2,1H3,(H,24,27)(H2,25,26,28,29)/t22-,23+. The largest absolute Gasteiger partial charge is 0.496 e. The Morgan fingerprint density at radius 3 is 2.30 bits per heavy atom. The van der Waals surface area contributed by atoms with Crippen molar-refractivity contribution >= 4 is 17.8 Å². The van der Waals surface area contributed by atoms with Crippen molar-refractivity contribution in [2.75, 3.05) is 13.7 Å². The van der Waals surface area contributed by atoms with Gasteiger partial charge in [0, 0.05) is 12.0 Å². The summed E-state index contributed by atoms with van der Waals surface area (Å²) < 4.78 is 5.31. The molecular weight excluding hydrogens is 382 g/mol. The number of benzene rings is 2. The van der Waals surface area contributed by atoms with Crippen LogP contribution in [0.1, 0.15) is 41.6 Å². The minimum absolute atomic E-state index is 0.199. The molecule has 0 unspecified atom stereocenters. The van der Waals surface area contributed by atoms with Gasteiger partial charge in [0.05, 0.1) is 12.7 Å². The Hall–Kier alpha value is -3.35. The van der Waals surface area contributed by atoms with E-state index in [0.717, 1.165) is 5.56 Å². The number of methoxy groups -OCH3 is 1. The number of nitrogens with one attached hydrogen (secondary N) is 3. The Bertz CT molecular complexity index is 965. The predicted octanol–water partition coefficient (Wildman–Crippen LogP) is 2.52. The van der Waals surface area contributed by atoms with Crippen molar-refractivity contribution in [1.29, 1.82) is 0 Å². The summed E-state index contributed by atoms with van der Waals surface area (Å²) in [6.45, 7) is 0.430. The highest BCUT2D eigenvalue weighted by Crippen LogP contribution is 2.44. The number of carbonyl (C=O) groups excluding carboxylic acids is 3. The van der Waals surface area contributed by atoms with E-state index in [2.05, 4.69) is 28.1 Å². The van der Waals surface area contributed by atoms with Crippen LogP contribution in [0.15, 0.2) is 54.6 Å². The third kappa shape index (κ3) is 3.51. The molecule has 4 amide bonds. The molecule has 0 atom stereocenters. The smallest absolute Gasteiger partial charge is 0.322 e. The van der Waals surface area contributed by atoms with Crippen molar-refractivity contribution in [2.24, 2.45) is 0 Å². The van der Waals surface area contributed by atoms with E-state index in [9.17, 15) is 14.4 Å². The molecule has 1 heterocycles. The van der Waals surface area contributed by atoms with Crippen molar-refractivity contribution in [3.05, 3.63) is 65.7 Å². The van der Waals surface area contributed by atoms with Gasteiger partial charge in [0.1, 0.15) is 11.3 Å². The highest BCUT2D eigenvalue weighted by molar-refractivity contribution is 6.07. The van der Waals surface area contributed by atoms with Crippen molar-refractivity contribution in [3.63, 3.8) is 0 Å². The summed E-state index contributed by atoms with van der Waals surface area (Å²) >= 11 is 0. The second-order valence-electron chi connectivity index (χ2n) is 8.02. The summed E-state index contributed by atoms with van der Waals surface area (Å²) in [6.07, 6.45) is 2.36. The zero-order chi connectivity index (χ0) is 21.2. The molecule has 1 saturated carbocycles. The Kier molecular flexibility index (Phi) is 5.20. The van der Waals surface area contributed by atoms with Crippen LogP contribution in [0.5, 0.6) is 5.75 Å². The third-order valence-corrected chi connectivity index (χ3v) is 6.40. The molecule has 0 radical (unpaired) electrons. The van der Waals surface area contributed by atoms with E-state index >= 15 is 0 Å². The van der Waals surface area contributed by atoms with Crippen LogP contribution in [0, 0.1) is 0 Å². The van der Waals surface area contributed by atoms with Crippen LogP contribution in [0.2, 0.25) is 0 Å². The van der Waals surface area contributed by atoms with Gasteiger partial charge >= 0.3 is 6.03 Å². The number of ether oxygens (including phenoxy) is 1. The minimum Gasteiger partial charge on any atom is -0.496 e. The normalized spacial score (nSPS) is 25.5. The predicted molar refractivity (Wildman–Crippen MR) is 111 cm³/mol. The zero-order valence-corrected chi connectivity index (χ0v) is 16.9. The van der Waals surface area contributed by atoms with Crippen molar-refractivity contribution in [2.45, 2.75) is 36.6 Å². The molecule has 1 spiro atoms. The van der Waals surface area contributed by atoms with E-state index in [0.29, 0.717) is 43.5 Å². The number of imide groups is 1. The Morgan fingerprint density at radius 2 is 1.67 bits per heavy atom. The average molecular weight is 407 g/mol. The highest BCUT2D eigenvalue weighted by atomic mass is 16.5. The first-order valence-electron chi connectivity index (χ1n) is 10.1. The number of carbonyl (C=O) groups is 3. The van der Waals surface area contributed by atoms with E-state index in [1.54, 1.807) is 25.3 Å². The summed E-state index contributed by atoms with van der Waals surface area (Å²) in [5.41, 5.74) is 0.433.